The molecule has 1 amide bonds. The quantitative estimate of drug-likeness (QED) is 0.244. The number of halogens is 4. The Hall–Kier alpha value is -0.420. The van der Waals surface area contributed by atoms with Crippen LogP contribution in [0.25, 0.3) is 0 Å². The maximum absolute atomic E-state index is 13.6. The second-order valence-corrected chi connectivity index (χ2v) is 4.81. The van der Waals surface area contributed by atoms with Gasteiger partial charge < -0.3 is 9.45 Å². The second-order valence-electron chi connectivity index (χ2n) is 3.33. The summed E-state index contributed by atoms with van der Waals surface area (Å²) in [6.45, 7) is 5.06. The molecular weight excluding hydrogens is 317 g/mol. The molecule has 1 unspecified atom stereocenters. The summed E-state index contributed by atoms with van der Waals surface area (Å²) in [5.74, 6) is -2.52. The monoisotopic (exact) mass is 327 g/mol. The van der Waals surface area contributed by atoms with Crippen molar-refractivity contribution in [3.63, 3.8) is 0 Å². The average molecular weight is 327 g/mol. The van der Waals surface area contributed by atoms with Crippen LogP contribution >= 0.6 is 0 Å². The fraction of sp³-hybridized carbons (Fsp3) is 0.444. The molecule has 0 spiro atoms. The van der Waals surface area contributed by atoms with Gasteiger partial charge in [-0.25, -0.2) is 12.8 Å². The largest absolute Gasteiger partial charge is 1.00 e. The molecule has 0 radical (unpaired) electrons. The Kier molecular flexibility index (Phi) is 8.26. The van der Waals surface area contributed by atoms with Gasteiger partial charge in [0.25, 0.3) is 5.91 Å². The maximum Gasteiger partial charge on any atom is 1.00 e. The first-order valence-electron chi connectivity index (χ1n) is 4.65. The van der Waals surface area contributed by atoms with Crippen molar-refractivity contribution in [1.82, 2.24) is 4.90 Å². The summed E-state index contributed by atoms with van der Waals surface area (Å²) < 4.78 is 82.4. The molecule has 1 atom stereocenters. The summed E-state index contributed by atoms with van der Waals surface area (Å²) in [4.78, 5) is 11.6. The van der Waals surface area contributed by atoms with Gasteiger partial charge in [-0.2, -0.15) is 13.2 Å². The number of carbonyl (C=O) groups is 1. The molecule has 0 aliphatic carbocycles. The van der Waals surface area contributed by atoms with E-state index in [9.17, 15) is 35.3 Å². The topological polar surface area (TPSA) is 77.5 Å². The summed E-state index contributed by atoms with van der Waals surface area (Å²) >= 11 is 0. The number of hydrogen-bond acceptors (Lipinski definition) is 4. The Bertz CT molecular complexity index is 469. The van der Waals surface area contributed by atoms with E-state index in [1.165, 1.54) is 0 Å². The standard InChI is InChI=1S/C9H11F4NO4S.Na/c1-3-5-14(6-4-2)7(15)8(10,9(11,12)13)19(16,17)18;/h3-4H,1-2,5-6H2,(H,16,17,18);/q;+1/p-1. The fourth-order valence-electron chi connectivity index (χ4n) is 1.13. The van der Waals surface area contributed by atoms with Gasteiger partial charge in [0.1, 0.15) is 10.1 Å². The van der Waals surface area contributed by atoms with Crippen molar-refractivity contribution in [3.05, 3.63) is 25.3 Å². The molecule has 0 aromatic heterocycles. The molecule has 11 heteroatoms. The molecule has 0 fully saturated rings. The Balaban J connectivity index is 0. The molecule has 0 heterocycles. The maximum atomic E-state index is 13.6. The molecule has 0 aliphatic heterocycles. The van der Waals surface area contributed by atoms with E-state index in [4.69, 9.17) is 0 Å². The summed E-state index contributed by atoms with van der Waals surface area (Å²) in [5, 5.41) is -5.54. The van der Waals surface area contributed by atoms with Crippen molar-refractivity contribution in [3.8, 4) is 0 Å². The summed E-state index contributed by atoms with van der Waals surface area (Å²) in [7, 11) is -6.60. The van der Waals surface area contributed by atoms with Crippen molar-refractivity contribution in [2.24, 2.45) is 0 Å². The van der Waals surface area contributed by atoms with E-state index in [0.717, 1.165) is 12.2 Å². The molecule has 20 heavy (non-hydrogen) atoms. The van der Waals surface area contributed by atoms with Crippen LogP contribution in [0.1, 0.15) is 0 Å². The molecule has 5 nitrogen and oxygen atoms in total. The minimum atomic E-state index is -6.60. The number of hydrogen-bond donors (Lipinski definition) is 0. The zero-order valence-corrected chi connectivity index (χ0v) is 13.3. The van der Waals surface area contributed by atoms with Crippen LogP contribution in [0, 0.1) is 0 Å². The van der Waals surface area contributed by atoms with Crippen molar-refractivity contribution in [2.45, 2.75) is 11.2 Å². The predicted octanol–water partition coefficient (Wildman–Crippen LogP) is -2.04. The summed E-state index contributed by atoms with van der Waals surface area (Å²) in [6, 6.07) is 0. The van der Waals surface area contributed by atoms with Crippen LogP contribution in [0.5, 0.6) is 0 Å². The fourth-order valence-corrected chi connectivity index (χ4v) is 1.75. The molecule has 0 saturated carbocycles. The van der Waals surface area contributed by atoms with E-state index in [1.54, 1.807) is 0 Å². The van der Waals surface area contributed by atoms with Crippen LogP contribution in [0.3, 0.4) is 0 Å². The molecule has 0 rings (SSSR count). The van der Waals surface area contributed by atoms with Crippen molar-refractivity contribution >= 4 is 16.0 Å². The zero-order chi connectivity index (χ0) is 15.5. The number of alkyl halides is 4. The van der Waals surface area contributed by atoms with E-state index in [-0.39, 0.29) is 34.5 Å². The zero-order valence-electron chi connectivity index (χ0n) is 10.5. The van der Waals surface area contributed by atoms with Crippen LogP contribution in [-0.4, -0.2) is 48.0 Å². The second kappa shape index (κ2) is 7.55. The van der Waals surface area contributed by atoms with Crippen LogP contribution in [0.4, 0.5) is 17.6 Å². The Morgan fingerprint density at radius 3 is 1.70 bits per heavy atom. The number of amides is 1. The van der Waals surface area contributed by atoms with Gasteiger partial charge in [-0.15, -0.1) is 13.2 Å². The van der Waals surface area contributed by atoms with E-state index < -0.39 is 40.3 Å². The first kappa shape index (κ1) is 21.9. The van der Waals surface area contributed by atoms with Gasteiger partial charge in [-0.1, -0.05) is 12.2 Å². The minimum Gasteiger partial charge on any atom is -0.745 e. The molecule has 110 valence electrons. The van der Waals surface area contributed by atoms with E-state index >= 15 is 0 Å². The SMILES string of the molecule is C=CCN(CC=C)C(=O)C(F)(C(F)(F)F)S(=O)(=O)[O-].[Na+]. The Labute approximate surface area is 135 Å². The van der Waals surface area contributed by atoms with Gasteiger partial charge in [-0.05, 0) is 0 Å². The molecule has 0 aromatic carbocycles. The van der Waals surface area contributed by atoms with E-state index in [0.29, 0.717) is 0 Å². The molecule has 0 aromatic rings. The van der Waals surface area contributed by atoms with Gasteiger partial charge in [0.2, 0.25) is 0 Å². The molecule has 0 N–H and O–H groups in total. The number of nitrogens with zero attached hydrogens (tertiary/aromatic N) is 1. The van der Waals surface area contributed by atoms with Gasteiger partial charge in [0.05, 0.1) is 0 Å². The molecular formula is C9H10F4NNaO4S. The van der Waals surface area contributed by atoms with Crippen molar-refractivity contribution in [2.75, 3.05) is 13.1 Å². The van der Waals surface area contributed by atoms with Gasteiger partial charge >= 0.3 is 40.7 Å². The first-order chi connectivity index (χ1) is 8.43. The Morgan fingerprint density at radius 1 is 1.15 bits per heavy atom. The van der Waals surface area contributed by atoms with Crippen LogP contribution < -0.4 is 29.6 Å². The van der Waals surface area contributed by atoms with Crippen LogP contribution in [-0.2, 0) is 14.9 Å². The normalized spacial score (nSPS) is 14.7. The third-order valence-electron chi connectivity index (χ3n) is 1.97. The van der Waals surface area contributed by atoms with Gasteiger partial charge in [0, 0.05) is 13.1 Å². The first-order valence-corrected chi connectivity index (χ1v) is 6.06. The molecule has 0 bridgehead atoms. The van der Waals surface area contributed by atoms with E-state index in [2.05, 4.69) is 13.2 Å². The number of rotatable bonds is 6. The molecule has 0 aliphatic rings. The third-order valence-corrected chi connectivity index (χ3v) is 3.07. The minimum absolute atomic E-state index is 0. The van der Waals surface area contributed by atoms with Gasteiger partial charge in [0.15, 0.2) is 0 Å². The molecule has 0 saturated heterocycles. The van der Waals surface area contributed by atoms with Crippen molar-refractivity contribution in [1.29, 1.82) is 0 Å². The Morgan fingerprint density at radius 2 is 1.50 bits per heavy atom. The summed E-state index contributed by atoms with van der Waals surface area (Å²) in [6.07, 6.45) is -4.31. The number of carbonyl (C=O) groups excluding carboxylic acids is 1. The summed E-state index contributed by atoms with van der Waals surface area (Å²) in [5.41, 5.74) is 0. The third kappa shape index (κ3) is 4.29. The smallest absolute Gasteiger partial charge is 0.745 e. The van der Waals surface area contributed by atoms with Crippen LogP contribution in [0.15, 0.2) is 25.3 Å². The van der Waals surface area contributed by atoms with Gasteiger partial charge in [-0.3, -0.25) is 4.79 Å². The van der Waals surface area contributed by atoms with Crippen molar-refractivity contribution < 1.29 is 64.9 Å². The van der Waals surface area contributed by atoms with Crippen LogP contribution in [0.2, 0.25) is 0 Å². The average Bonchev–Trinajstić information content (AvgIpc) is 2.23. The predicted molar refractivity (Wildman–Crippen MR) is 56.6 cm³/mol. The van der Waals surface area contributed by atoms with E-state index in [1.807, 2.05) is 0 Å².